The molecule has 2 atom stereocenters. The zero-order valence-electron chi connectivity index (χ0n) is 12.8. The second-order valence-electron chi connectivity index (χ2n) is 6.76. The van der Waals surface area contributed by atoms with Crippen LogP contribution >= 0.6 is 0 Å². The van der Waals surface area contributed by atoms with Gasteiger partial charge in [-0.2, -0.15) is 12.7 Å². The summed E-state index contributed by atoms with van der Waals surface area (Å²) in [5.74, 6) is 2.11. The molecule has 22 heavy (non-hydrogen) atoms. The highest BCUT2D eigenvalue weighted by Crippen LogP contribution is 2.51. The minimum Gasteiger partial charge on any atom is -0.424 e. The van der Waals surface area contributed by atoms with Gasteiger partial charge in [-0.25, -0.2) is 4.72 Å². The Morgan fingerprint density at radius 1 is 1.36 bits per heavy atom. The van der Waals surface area contributed by atoms with E-state index < -0.39 is 10.2 Å². The van der Waals surface area contributed by atoms with Gasteiger partial charge in [0, 0.05) is 25.6 Å². The lowest BCUT2D eigenvalue weighted by atomic mass is 9.81. The predicted octanol–water partition coefficient (Wildman–Crippen LogP) is 1.15. The van der Waals surface area contributed by atoms with Crippen LogP contribution in [0.15, 0.2) is 4.42 Å². The second-order valence-corrected chi connectivity index (χ2v) is 8.52. The van der Waals surface area contributed by atoms with E-state index in [1.165, 1.54) is 0 Å². The fraction of sp³-hybridized carbons (Fsp3) is 0.857. The Morgan fingerprint density at radius 3 is 2.91 bits per heavy atom. The number of fused-ring (bicyclic) bond motifs is 1. The van der Waals surface area contributed by atoms with Crippen LogP contribution in [0.1, 0.15) is 56.7 Å². The molecule has 0 spiro atoms. The van der Waals surface area contributed by atoms with Crippen LogP contribution in [0.25, 0.3) is 0 Å². The van der Waals surface area contributed by atoms with E-state index in [2.05, 4.69) is 14.9 Å². The van der Waals surface area contributed by atoms with Gasteiger partial charge < -0.3 is 4.42 Å². The molecule has 4 rings (SSSR count). The maximum Gasteiger partial charge on any atom is 0.279 e. The maximum absolute atomic E-state index is 12.3. The first-order valence-corrected chi connectivity index (χ1v) is 9.58. The Bertz CT molecular complexity index is 669. The first kappa shape index (κ1) is 14.6. The molecular formula is C14H22N4O3S. The Labute approximate surface area is 130 Å². The van der Waals surface area contributed by atoms with Crippen molar-refractivity contribution in [1.82, 2.24) is 19.2 Å². The van der Waals surface area contributed by atoms with E-state index in [4.69, 9.17) is 4.42 Å². The van der Waals surface area contributed by atoms with E-state index in [0.717, 1.165) is 38.0 Å². The Kier molecular flexibility index (Phi) is 3.32. The van der Waals surface area contributed by atoms with Gasteiger partial charge in [-0.3, -0.25) is 0 Å². The van der Waals surface area contributed by atoms with Gasteiger partial charge in [-0.15, -0.1) is 10.2 Å². The van der Waals surface area contributed by atoms with Gasteiger partial charge in [-0.05, 0) is 31.6 Å². The molecule has 0 radical (unpaired) electrons. The van der Waals surface area contributed by atoms with E-state index >= 15 is 0 Å². The lowest BCUT2D eigenvalue weighted by Gasteiger charge is -2.24. The highest BCUT2D eigenvalue weighted by Gasteiger charge is 2.56. The van der Waals surface area contributed by atoms with E-state index in [-0.39, 0.29) is 11.3 Å². The molecule has 1 aromatic rings. The van der Waals surface area contributed by atoms with Crippen molar-refractivity contribution >= 4 is 10.2 Å². The molecule has 122 valence electrons. The van der Waals surface area contributed by atoms with Crippen LogP contribution in [0.4, 0.5) is 0 Å². The third-order valence-corrected chi connectivity index (χ3v) is 6.91. The quantitative estimate of drug-likeness (QED) is 0.877. The zero-order chi connectivity index (χ0) is 15.4. The van der Waals surface area contributed by atoms with Crippen molar-refractivity contribution in [2.24, 2.45) is 5.92 Å². The normalized spacial score (nSPS) is 32.5. The fourth-order valence-corrected chi connectivity index (χ4v) is 5.30. The standard InChI is InChI=1S/C14H22N4O3S/c1-2-15-22(19,20)18-8-11-4-3-7-14(11,9-18)13-17-16-12(21-13)10-5-6-10/h10-11,15H,2-9H2,1H3/t11-,14-/m0/s1. The Morgan fingerprint density at radius 2 is 2.18 bits per heavy atom. The molecule has 8 heteroatoms. The highest BCUT2D eigenvalue weighted by molar-refractivity contribution is 7.87. The van der Waals surface area contributed by atoms with Crippen LogP contribution in [0.2, 0.25) is 0 Å². The van der Waals surface area contributed by atoms with E-state index in [9.17, 15) is 8.42 Å². The molecule has 7 nitrogen and oxygen atoms in total. The SMILES string of the molecule is CCNS(=O)(=O)N1C[C@@H]2CCC[C@]2(c2nnc(C3CC3)o2)C1. The largest absolute Gasteiger partial charge is 0.424 e. The Hall–Kier alpha value is -0.990. The van der Waals surface area contributed by atoms with Crippen molar-refractivity contribution in [1.29, 1.82) is 0 Å². The van der Waals surface area contributed by atoms with Gasteiger partial charge in [0.2, 0.25) is 11.8 Å². The summed E-state index contributed by atoms with van der Waals surface area (Å²) in [4.78, 5) is 0. The van der Waals surface area contributed by atoms with Crippen molar-refractivity contribution in [2.45, 2.75) is 50.4 Å². The number of aromatic nitrogens is 2. The van der Waals surface area contributed by atoms with Crippen molar-refractivity contribution in [2.75, 3.05) is 19.6 Å². The molecule has 2 aliphatic carbocycles. The number of hydrogen-bond donors (Lipinski definition) is 1. The summed E-state index contributed by atoms with van der Waals surface area (Å²) in [5, 5.41) is 8.50. The third-order valence-electron chi connectivity index (χ3n) is 5.30. The minimum atomic E-state index is -3.40. The average Bonchev–Trinajstić information content (AvgIpc) is 2.91. The fourth-order valence-electron chi connectivity index (χ4n) is 3.98. The molecule has 1 aliphatic heterocycles. The monoisotopic (exact) mass is 326 g/mol. The smallest absolute Gasteiger partial charge is 0.279 e. The third kappa shape index (κ3) is 2.19. The van der Waals surface area contributed by atoms with Crippen LogP contribution in [0.5, 0.6) is 0 Å². The summed E-state index contributed by atoms with van der Waals surface area (Å²) in [5.41, 5.74) is -0.275. The molecule has 0 bridgehead atoms. The summed E-state index contributed by atoms with van der Waals surface area (Å²) >= 11 is 0. The molecule has 1 N–H and O–H groups in total. The van der Waals surface area contributed by atoms with Crippen LogP contribution in [0, 0.1) is 5.92 Å². The second kappa shape index (κ2) is 5.01. The molecule has 2 saturated carbocycles. The molecule has 3 fully saturated rings. The van der Waals surface area contributed by atoms with Crippen molar-refractivity contribution in [3.05, 3.63) is 11.8 Å². The van der Waals surface area contributed by atoms with Crippen LogP contribution in [-0.4, -0.2) is 42.6 Å². The lowest BCUT2D eigenvalue weighted by Crippen LogP contribution is -2.41. The number of hydrogen-bond acceptors (Lipinski definition) is 5. The zero-order valence-corrected chi connectivity index (χ0v) is 13.6. The Balaban J connectivity index is 1.63. The molecule has 0 unspecified atom stereocenters. The summed E-state index contributed by atoms with van der Waals surface area (Å²) in [7, 11) is -3.40. The van der Waals surface area contributed by atoms with E-state index in [1.807, 2.05) is 0 Å². The molecule has 1 aromatic heterocycles. The average molecular weight is 326 g/mol. The van der Waals surface area contributed by atoms with Gasteiger partial charge in [0.25, 0.3) is 10.2 Å². The van der Waals surface area contributed by atoms with Gasteiger partial charge in [0.1, 0.15) is 0 Å². The van der Waals surface area contributed by atoms with Gasteiger partial charge >= 0.3 is 0 Å². The number of rotatable bonds is 5. The topological polar surface area (TPSA) is 88.3 Å². The molecule has 1 saturated heterocycles. The first-order valence-electron chi connectivity index (χ1n) is 8.14. The molecule has 3 aliphatic rings. The van der Waals surface area contributed by atoms with Crippen LogP contribution in [-0.2, 0) is 15.6 Å². The summed E-state index contributed by atoms with van der Waals surface area (Å²) in [6, 6.07) is 0. The summed E-state index contributed by atoms with van der Waals surface area (Å²) in [6.07, 6.45) is 5.31. The lowest BCUT2D eigenvalue weighted by molar-refractivity contribution is 0.290. The molecular weight excluding hydrogens is 304 g/mol. The molecule has 0 amide bonds. The maximum atomic E-state index is 12.3. The van der Waals surface area contributed by atoms with E-state index in [0.29, 0.717) is 31.4 Å². The number of nitrogens with zero attached hydrogens (tertiary/aromatic N) is 3. The summed E-state index contributed by atoms with van der Waals surface area (Å²) < 4.78 is 34.7. The van der Waals surface area contributed by atoms with Gasteiger partial charge in [0.05, 0.1) is 5.41 Å². The summed E-state index contributed by atoms with van der Waals surface area (Å²) in [6.45, 7) is 3.21. The van der Waals surface area contributed by atoms with Crippen molar-refractivity contribution in [3.63, 3.8) is 0 Å². The van der Waals surface area contributed by atoms with Gasteiger partial charge in [0.15, 0.2) is 0 Å². The van der Waals surface area contributed by atoms with Gasteiger partial charge in [-0.1, -0.05) is 13.3 Å². The molecule has 2 heterocycles. The van der Waals surface area contributed by atoms with Crippen molar-refractivity contribution in [3.8, 4) is 0 Å². The number of nitrogens with one attached hydrogen (secondary N) is 1. The first-order chi connectivity index (χ1) is 10.5. The van der Waals surface area contributed by atoms with Crippen LogP contribution < -0.4 is 4.72 Å². The highest BCUT2D eigenvalue weighted by atomic mass is 32.2. The van der Waals surface area contributed by atoms with E-state index in [1.54, 1.807) is 11.2 Å². The van der Waals surface area contributed by atoms with Crippen molar-refractivity contribution < 1.29 is 12.8 Å². The minimum absolute atomic E-state index is 0.275. The molecule has 0 aromatic carbocycles. The predicted molar refractivity (Wildman–Crippen MR) is 79.5 cm³/mol. The van der Waals surface area contributed by atoms with Crippen LogP contribution in [0.3, 0.4) is 0 Å².